The lowest BCUT2D eigenvalue weighted by Crippen LogP contribution is -2.44. The first kappa shape index (κ1) is 15.3. The summed E-state index contributed by atoms with van der Waals surface area (Å²) in [6.07, 6.45) is 7.35. The fraction of sp³-hybridized carbons (Fsp3) is 0.550. The predicted octanol–water partition coefficient (Wildman–Crippen LogP) is 4.35. The van der Waals surface area contributed by atoms with Crippen LogP contribution in [0.15, 0.2) is 30.3 Å². The Balaban J connectivity index is 1.85. The molecule has 0 bridgehead atoms. The highest BCUT2D eigenvalue weighted by Crippen LogP contribution is 2.32. The molecule has 1 saturated carbocycles. The zero-order valence-corrected chi connectivity index (χ0v) is 14.0. The van der Waals surface area contributed by atoms with E-state index in [1.165, 1.54) is 24.0 Å². The van der Waals surface area contributed by atoms with Gasteiger partial charge in [-0.15, -0.1) is 0 Å². The van der Waals surface area contributed by atoms with E-state index in [-0.39, 0.29) is 11.5 Å². The molecule has 0 aromatic heterocycles. The van der Waals surface area contributed by atoms with Crippen molar-refractivity contribution in [2.45, 2.75) is 58.4 Å². The third-order valence-corrected chi connectivity index (χ3v) is 5.12. The summed E-state index contributed by atoms with van der Waals surface area (Å²) < 4.78 is 0. The van der Waals surface area contributed by atoms with E-state index in [1.54, 1.807) is 0 Å². The molecule has 1 N–H and O–H groups in total. The fourth-order valence-corrected chi connectivity index (χ4v) is 3.81. The molecule has 0 amide bonds. The average Bonchev–Trinajstić information content (AvgIpc) is 2.46. The first-order chi connectivity index (χ1) is 10.4. The number of ketones is 1. The largest absolute Gasteiger partial charge is 0.379 e. The number of benzene rings is 1. The van der Waals surface area contributed by atoms with E-state index < -0.39 is 0 Å². The summed E-state index contributed by atoms with van der Waals surface area (Å²) in [5.74, 6) is 1.31. The van der Waals surface area contributed by atoms with E-state index in [1.807, 2.05) is 6.08 Å². The first-order valence-electron chi connectivity index (χ1n) is 8.56. The number of hydrogen-bond acceptors (Lipinski definition) is 2. The maximum atomic E-state index is 12.7. The highest BCUT2D eigenvalue weighted by Gasteiger charge is 2.29. The van der Waals surface area contributed by atoms with Crippen LogP contribution in [0.5, 0.6) is 0 Å². The van der Waals surface area contributed by atoms with Crippen molar-refractivity contribution in [3.8, 4) is 0 Å². The van der Waals surface area contributed by atoms with Crippen molar-refractivity contribution in [1.29, 1.82) is 0 Å². The summed E-state index contributed by atoms with van der Waals surface area (Å²) in [5.41, 5.74) is 3.54. The molecular weight excluding hydrogens is 270 g/mol. The number of rotatable bonds is 2. The second-order valence-electron chi connectivity index (χ2n) is 7.76. The Morgan fingerprint density at radius 2 is 1.86 bits per heavy atom. The predicted molar refractivity (Wildman–Crippen MR) is 91.5 cm³/mol. The number of hydrogen-bond donors (Lipinski definition) is 1. The molecule has 1 aromatic carbocycles. The van der Waals surface area contributed by atoms with Gasteiger partial charge in [0.1, 0.15) is 0 Å². The zero-order valence-electron chi connectivity index (χ0n) is 14.0. The van der Waals surface area contributed by atoms with Gasteiger partial charge >= 0.3 is 0 Å². The lowest BCUT2D eigenvalue weighted by molar-refractivity contribution is -0.119. The van der Waals surface area contributed by atoms with E-state index in [2.05, 4.69) is 50.4 Å². The molecule has 0 unspecified atom stereocenters. The Morgan fingerprint density at radius 3 is 2.59 bits per heavy atom. The Morgan fingerprint density at radius 1 is 1.18 bits per heavy atom. The van der Waals surface area contributed by atoms with Crippen LogP contribution in [0.25, 0.3) is 5.70 Å². The van der Waals surface area contributed by atoms with Crippen LogP contribution >= 0.6 is 0 Å². The highest BCUT2D eigenvalue weighted by atomic mass is 16.1. The molecule has 2 aliphatic rings. The van der Waals surface area contributed by atoms with Crippen LogP contribution in [-0.2, 0) is 11.2 Å². The molecule has 3 rings (SSSR count). The molecule has 1 aliphatic heterocycles. The number of allylic oxidation sites excluding steroid dienone is 1. The Bertz CT molecular complexity index is 591. The number of carbonyl (C=O) groups is 1. The minimum Gasteiger partial charge on any atom is -0.379 e. The van der Waals surface area contributed by atoms with Crippen LogP contribution in [0.3, 0.4) is 0 Å². The van der Waals surface area contributed by atoms with Gasteiger partial charge in [-0.05, 0) is 44.6 Å². The third kappa shape index (κ3) is 3.26. The van der Waals surface area contributed by atoms with E-state index in [0.29, 0.717) is 5.78 Å². The number of carbonyl (C=O) groups excluding carboxylic acids is 1. The van der Waals surface area contributed by atoms with Gasteiger partial charge in [0.15, 0.2) is 5.78 Å². The normalized spacial score (nSPS) is 28.8. The summed E-state index contributed by atoms with van der Waals surface area (Å²) >= 11 is 0. The molecule has 1 heterocycles. The van der Waals surface area contributed by atoms with Crippen molar-refractivity contribution < 1.29 is 4.79 Å². The second kappa shape index (κ2) is 5.91. The molecule has 1 aromatic rings. The molecule has 0 radical (unpaired) electrons. The minimum atomic E-state index is 0.00153. The monoisotopic (exact) mass is 297 g/mol. The zero-order chi connectivity index (χ0) is 15.7. The summed E-state index contributed by atoms with van der Waals surface area (Å²) in [7, 11) is 0. The third-order valence-electron chi connectivity index (χ3n) is 5.12. The number of nitrogens with one attached hydrogen (secondary N) is 1. The van der Waals surface area contributed by atoms with E-state index >= 15 is 0 Å². The molecule has 0 atom stereocenters. The molecule has 22 heavy (non-hydrogen) atoms. The standard InChI is InChI=1S/C20H27NO/c1-14-8-10-15(11-9-14)19(22)12-18-17-7-5-4-6-16(17)13-20(2,3)21-18/h4-7,12,14-15,21H,8-11,13H2,1-3H3/b18-12-/t14-,15-. The van der Waals surface area contributed by atoms with Gasteiger partial charge in [-0.2, -0.15) is 0 Å². The highest BCUT2D eigenvalue weighted by molar-refractivity contribution is 5.98. The van der Waals surface area contributed by atoms with Gasteiger partial charge in [-0.1, -0.05) is 44.0 Å². The van der Waals surface area contributed by atoms with Crippen LogP contribution in [0.1, 0.15) is 57.6 Å². The van der Waals surface area contributed by atoms with Gasteiger partial charge in [-0.25, -0.2) is 0 Å². The van der Waals surface area contributed by atoms with E-state index in [0.717, 1.165) is 30.9 Å². The fourth-order valence-electron chi connectivity index (χ4n) is 3.81. The molecule has 2 heteroatoms. The van der Waals surface area contributed by atoms with Crippen molar-refractivity contribution in [2.24, 2.45) is 11.8 Å². The quantitative estimate of drug-likeness (QED) is 0.822. The molecule has 1 aliphatic carbocycles. The van der Waals surface area contributed by atoms with Crippen LogP contribution in [0, 0.1) is 11.8 Å². The summed E-state index contributed by atoms with van der Waals surface area (Å²) in [6, 6.07) is 8.44. The van der Waals surface area contributed by atoms with Crippen molar-refractivity contribution >= 4 is 11.5 Å². The lowest BCUT2D eigenvalue weighted by atomic mass is 9.80. The maximum absolute atomic E-state index is 12.7. The summed E-state index contributed by atoms with van der Waals surface area (Å²) in [5, 5.41) is 3.57. The van der Waals surface area contributed by atoms with Gasteiger partial charge in [0.25, 0.3) is 0 Å². The van der Waals surface area contributed by atoms with Crippen LogP contribution in [-0.4, -0.2) is 11.3 Å². The Kier molecular flexibility index (Phi) is 4.12. The van der Waals surface area contributed by atoms with Gasteiger partial charge in [0.05, 0.1) is 0 Å². The van der Waals surface area contributed by atoms with Crippen molar-refractivity contribution in [2.75, 3.05) is 0 Å². The van der Waals surface area contributed by atoms with Gasteiger partial charge in [0.2, 0.25) is 0 Å². The van der Waals surface area contributed by atoms with Crippen molar-refractivity contribution in [3.63, 3.8) is 0 Å². The second-order valence-corrected chi connectivity index (χ2v) is 7.76. The van der Waals surface area contributed by atoms with Crippen molar-refractivity contribution in [1.82, 2.24) is 5.32 Å². The van der Waals surface area contributed by atoms with Gasteiger partial charge in [0, 0.05) is 28.8 Å². The number of fused-ring (bicyclic) bond motifs is 1. The van der Waals surface area contributed by atoms with E-state index in [9.17, 15) is 4.79 Å². The van der Waals surface area contributed by atoms with Crippen LogP contribution in [0.4, 0.5) is 0 Å². The molecule has 2 nitrogen and oxygen atoms in total. The molecule has 1 fully saturated rings. The van der Waals surface area contributed by atoms with Crippen LogP contribution < -0.4 is 5.32 Å². The van der Waals surface area contributed by atoms with E-state index in [4.69, 9.17) is 0 Å². The molecular formula is C20H27NO. The van der Waals surface area contributed by atoms with Crippen LogP contribution in [0.2, 0.25) is 0 Å². The summed E-state index contributed by atoms with van der Waals surface area (Å²) in [6.45, 7) is 6.69. The minimum absolute atomic E-state index is 0.00153. The SMILES string of the molecule is CC1(C)Cc2ccccc2/C(=C/C(=O)[C@H]2CC[C@H](C)CC2)N1. The molecule has 0 spiro atoms. The van der Waals surface area contributed by atoms with Gasteiger partial charge in [-0.3, -0.25) is 4.79 Å². The smallest absolute Gasteiger partial charge is 0.160 e. The lowest BCUT2D eigenvalue weighted by Gasteiger charge is -2.36. The van der Waals surface area contributed by atoms with Gasteiger partial charge < -0.3 is 5.32 Å². The Hall–Kier alpha value is -1.57. The Labute approximate surface area is 134 Å². The topological polar surface area (TPSA) is 29.1 Å². The average molecular weight is 297 g/mol. The van der Waals surface area contributed by atoms with Crippen molar-refractivity contribution in [3.05, 3.63) is 41.5 Å². The molecule has 118 valence electrons. The summed E-state index contributed by atoms with van der Waals surface area (Å²) in [4.78, 5) is 12.7. The maximum Gasteiger partial charge on any atom is 0.160 e. The molecule has 0 saturated heterocycles. The first-order valence-corrected chi connectivity index (χ1v) is 8.56.